The molecule has 1 heterocycles. The summed E-state index contributed by atoms with van der Waals surface area (Å²) in [5.41, 5.74) is 19.1. The predicted octanol–water partition coefficient (Wildman–Crippen LogP) is -2.05. The van der Waals surface area contributed by atoms with Gasteiger partial charge in [0.2, 0.25) is 0 Å². The number of guanidine groups is 2. The number of nitrogens with one attached hydrogen (secondary N) is 1. The van der Waals surface area contributed by atoms with Gasteiger partial charge in [-0.2, -0.15) is 4.99 Å². The number of nitrogens with two attached hydrogens (primary N) is 3. The Hall–Kier alpha value is -2.04. The monoisotopic (exact) mass is 219 g/mol. The molecule has 0 radical (unpaired) electrons. The van der Waals surface area contributed by atoms with Crippen molar-refractivity contribution in [3.05, 3.63) is 29.8 Å². The van der Waals surface area contributed by atoms with Gasteiger partial charge >= 0.3 is 11.9 Å². The van der Waals surface area contributed by atoms with Crippen LogP contribution in [0.3, 0.4) is 0 Å². The minimum absolute atomic E-state index is 0.112. The van der Waals surface area contributed by atoms with Crippen LogP contribution < -0.4 is 22.2 Å². The molecule has 84 valence electrons. The Morgan fingerprint density at radius 3 is 2.69 bits per heavy atom. The minimum atomic E-state index is 0.112. The number of hydrogen-bond acceptors (Lipinski definition) is 0. The molecule has 5 nitrogen and oxygen atoms in total. The van der Waals surface area contributed by atoms with Gasteiger partial charge in [0.05, 0.1) is 6.54 Å². The maximum atomic E-state index is 5.91. The van der Waals surface area contributed by atoms with Crippen LogP contribution in [0.1, 0.15) is 12.0 Å². The van der Waals surface area contributed by atoms with Gasteiger partial charge in [-0.15, -0.1) is 0 Å². The van der Waals surface area contributed by atoms with Crippen LogP contribution in [-0.4, -0.2) is 23.0 Å². The third-order valence-corrected chi connectivity index (χ3v) is 2.67. The lowest BCUT2D eigenvalue weighted by molar-refractivity contribution is -0.512. The molecule has 0 bridgehead atoms. The van der Waals surface area contributed by atoms with Crippen LogP contribution in [-0.2, 0) is 6.42 Å². The van der Waals surface area contributed by atoms with E-state index in [2.05, 4.69) is 17.1 Å². The highest BCUT2D eigenvalue weighted by atomic mass is 15.2. The first-order chi connectivity index (χ1) is 7.68. The lowest BCUT2D eigenvalue weighted by atomic mass is 10.0. The predicted molar refractivity (Wildman–Crippen MR) is 63.1 cm³/mol. The molecule has 0 saturated carbocycles. The maximum Gasteiger partial charge on any atom is 0.392 e. The molecule has 0 fully saturated rings. The largest absolute Gasteiger partial charge is 0.392 e. The summed E-state index contributed by atoms with van der Waals surface area (Å²) in [6.45, 7) is 0.878. The Morgan fingerprint density at radius 2 is 1.94 bits per heavy atom. The molecule has 2 rings (SSSR count). The van der Waals surface area contributed by atoms with Crippen molar-refractivity contribution in [2.75, 3.05) is 6.54 Å². The van der Waals surface area contributed by atoms with E-state index in [0.717, 1.165) is 25.1 Å². The summed E-state index contributed by atoms with van der Waals surface area (Å²) in [6.07, 6.45) is 2.16. The number of benzene rings is 1. The molecule has 16 heavy (non-hydrogen) atoms. The Morgan fingerprint density at radius 1 is 1.19 bits per heavy atom. The molecule has 0 spiro atoms. The third kappa shape index (κ3) is 1.98. The topological polar surface area (TPSA) is 95.0 Å². The average Bonchev–Trinajstić information content (AvgIpc) is 2.27. The number of nitrogens with zero attached hydrogens (tertiary/aromatic N) is 1. The molecule has 5 heteroatoms. The van der Waals surface area contributed by atoms with Gasteiger partial charge in [-0.25, -0.2) is 4.58 Å². The van der Waals surface area contributed by atoms with E-state index in [4.69, 9.17) is 17.2 Å². The first-order valence-electron chi connectivity index (χ1n) is 5.31. The molecule has 0 saturated heterocycles. The van der Waals surface area contributed by atoms with Gasteiger partial charge in [0.1, 0.15) is 5.69 Å². The van der Waals surface area contributed by atoms with Gasteiger partial charge in [-0.1, -0.05) is 18.2 Å². The second-order valence-electron chi connectivity index (χ2n) is 3.85. The molecule has 0 aliphatic carbocycles. The highest BCUT2D eigenvalue weighted by Gasteiger charge is 2.19. The summed E-state index contributed by atoms with van der Waals surface area (Å²) in [4.78, 5) is 2.75. The molecule has 1 aromatic carbocycles. The standard InChI is InChI=1S/C11H15N5/c12-10(13)15-11(14)16-7-3-5-8-4-1-2-6-9(8)16/h1-2,4,6H,3,5,7H2,(H5,12,13,14,15)/p+2. The Balaban J connectivity index is 2.50. The Labute approximate surface area is 94.3 Å². The minimum Gasteiger partial charge on any atom is -0.275 e. The van der Waals surface area contributed by atoms with Crippen LogP contribution >= 0.6 is 0 Å². The van der Waals surface area contributed by atoms with Crippen molar-refractivity contribution in [2.24, 2.45) is 17.2 Å². The zero-order chi connectivity index (χ0) is 11.5. The number of hydrogen-bond donors (Lipinski definition) is 4. The Kier molecular flexibility index (Phi) is 2.76. The molecule has 0 aromatic heterocycles. The van der Waals surface area contributed by atoms with Gasteiger partial charge < -0.3 is 0 Å². The smallest absolute Gasteiger partial charge is 0.275 e. The number of fused-ring (bicyclic) bond motifs is 1. The van der Waals surface area contributed by atoms with Crippen molar-refractivity contribution in [1.29, 1.82) is 0 Å². The number of rotatable bonds is 0. The lowest BCUT2D eigenvalue weighted by Crippen LogP contribution is -2.86. The normalized spacial score (nSPS) is 17.5. The van der Waals surface area contributed by atoms with Crippen molar-refractivity contribution in [3.63, 3.8) is 0 Å². The zero-order valence-electron chi connectivity index (χ0n) is 9.11. The number of aryl methyl sites for hydroxylation is 1. The van der Waals surface area contributed by atoms with Crippen LogP contribution in [0.25, 0.3) is 0 Å². The zero-order valence-corrected chi connectivity index (χ0v) is 9.11. The van der Waals surface area contributed by atoms with Gasteiger partial charge in [0.15, 0.2) is 0 Å². The average molecular weight is 219 g/mol. The quantitative estimate of drug-likeness (QED) is 0.230. The molecule has 1 aliphatic rings. The van der Waals surface area contributed by atoms with Crippen molar-refractivity contribution >= 4 is 17.6 Å². The summed E-state index contributed by atoms with van der Waals surface area (Å²) in [5.74, 6) is 0.590. The van der Waals surface area contributed by atoms with E-state index in [9.17, 15) is 0 Å². The summed E-state index contributed by atoms with van der Waals surface area (Å²) in [5, 5.41) is 0. The second kappa shape index (κ2) is 4.22. The number of para-hydroxylation sites is 1. The van der Waals surface area contributed by atoms with E-state index in [-0.39, 0.29) is 5.96 Å². The maximum absolute atomic E-state index is 5.91. The molecule has 1 aliphatic heterocycles. The highest BCUT2D eigenvalue weighted by molar-refractivity contribution is 5.76. The van der Waals surface area contributed by atoms with Crippen molar-refractivity contribution in [3.8, 4) is 0 Å². The fourth-order valence-electron chi connectivity index (χ4n) is 2.00. The molecule has 7 N–H and O–H groups in total. The summed E-state index contributed by atoms with van der Waals surface area (Å²) >= 11 is 0. The van der Waals surface area contributed by atoms with E-state index in [1.807, 2.05) is 16.7 Å². The van der Waals surface area contributed by atoms with Crippen molar-refractivity contribution in [1.82, 2.24) is 0 Å². The Bertz CT molecular complexity index is 457. The van der Waals surface area contributed by atoms with E-state index in [0.29, 0.717) is 5.96 Å². The fourth-order valence-corrected chi connectivity index (χ4v) is 2.00. The molecule has 1 aromatic rings. The summed E-state index contributed by atoms with van der Waals surface area (Å²) < 4.78 is 2.00. The lowest BCUT2D eigenvalue weighted by Gasteiger charge is -2.17. The van der Waals surface area contributed by atoms with E-state index in [1.54, 1.807) is 0 Å². The van der Waals surface area contributed by atoms with Crippen LogP contribution in [0.5, 0.6) is 0 Å². The van der Waals surface area contributed by atoms with Crippen LogP contribution in [0, 0.1) is 0 Å². The first kappa shape index (κ1) is 10.5. The molecule has 0 amide bonds. The molecular weight excluding hydrogens is 202 g/mol. The van der Waals surface area contributed by atoms with E-state index in [1.165, 1.54) is 5.56 Å². The summed E-state index contributed by atoms with van der Waals surface area (Å²) in [6, 6.07) is 8.20. The van der Waals surface area contributed by atoms with Crippen LogP contribution in [0.15, 0.2) is 24.3 Å². The molecule has 0 atom stereocenters. The highest BCUT2D eigenvalue weighted by Crippen LogP contribution is 2.24. The van der Waals surface area contributed by atoms with E-state index < -0.39 is 0 Å². The second-order valence-corrected chi connectivity index (χ2v) is 3.85. The SMILES string of the molecule is NC(N)=[NH+]C(N)=[N+]1CCCc2ccccc21. The molecule has 0 unspecified atom stereocenters. The van der Waals surface area contributed by atoms with Crippen molar-refractivity contribution < 1.29 is 9.57 Å². The van der Waals surface area contributed by atoms with Crippen LogP contribution in [0.2, 0.25) is 0 Å². The van der Waals surface area contributed by atoms with Gasteiger partial charge in [-0.05, 0) is 24.5 Å². The van der Waals surface area contributed by atoms with Crippen molar-refractivity contribution in [2.45, 2.75) is 12.8 Å². The van der Waals surface area contributed by atoms with Gasteiger partial charge in [0.25, 0.3) is 0 Å². The van der Waals surface area contributed by atoms with Gasteiger partial charge in [0, 0.05) is 0 Å². The van der Waals surface area contributed by atoms with Gasteiger partial charge in [-0.3, -0.25) is 17.2 Å². The molecular formula is C11H17N5+2. The fraction of sp³-hybridized carbons (Fsp3) is 0.273. The third-order valence-electron chi connectivity index (χ3n) is 2.67. The summed E-state index contributed by atoms with van der Waals surface area (Å²) in [7, 11) is 0. The first-order valence-corrected chi connectivity index (χ1v) is 5.31. The van der Waals surface area contributed by atoms with E-state index >= 15 is 0 Å². The van der Waals surface area contributed by atoms with Crippen LogP contribution in [0.4, 0.5) is 5.69 Å².